The molecule has 0 saturated heterocycles. The lowest BCUT2D eigenvalue weighted by Gasteiger charge is -2.29. The molecule has 1 aromatic heterocycles. The number of methoxy groups -OCH3 is 2. The number of aromatic nitrogens is 2. The van der Waals surface area contributed by atoms with Gasteiger partial charge < -0.3 is 19.1 Å². The van der Waals surface area contributed by atoms with Gasteiger partial charge in [-0.2, -0.15) is 5.10 Å². The average molecular weight is 391 g/mol. The Balaban J connectivity index is 1.44. The molecule has 0 saturated carbocycles. The fraction of sp³-hybridized carbons (Fsp3) is 0.273. The Morgan fingerprint density at radius 2 is 1.90 bits per heavy atom. The number of hydrogen-bond donors (Lipinski definition) is 1. The molecule has 0 bridgehead atoms. The Morgan fingerprint density at radius 3 is 2.69 bits per heavy atom. The first-order valence-corrected chi connectivity index (χ1v) is 9.52. The van der Waals surface area contributed by atoms with E-state index in [4.69, 9.17) is 14.2 Å². The van der Waals surface area contributed by atoms with Gasteiger partial charge in [0.05, 0.1) is 14.2 Å². The molecule has 0 fully saturated rings. The molecule has 7 nitrogen and oxygen atoms in total. The highest BCUT2D eigenvalue weighted by Crippen LogP contribution is 2.38. The van der Waals surface area contributed by atoms with Gasteiger partial charge in [0.2, 0.25) is 0 Å². The minimum Gasteiger partial charge on any atom is -0.493 e. The van der Waals surface area contributed by atoms with E-state index in [-0.39, 0.29) is 5.91 Å². The molecule has 5 rings (SSSR count). The third-order valence-corrected chi connectivity index (χ3v) is 5.60. The van der Waals surface area contributed by atoms with E-state index < -0.39 is 0 Å². The van der Waals surface area contributed by atoms with Crippen LogP contribution in [0.5, 0.6) is 17.2 Å². The van der Waals surface area contributed by atoms with Gasteiger partial charge in [-0.25, -0.2) is 0 Å². The van der Waals surface area contributed by atoms with Crippen molar-refractivity contribution in [2.24, 2.45) is 0 Å². The number of fused-ring (bicyclic) bond motifs is 4. The minimum absolute atomic E-state index is 0.0674. The average Bonchev–Trinajstić information content (AvgIpc) is 3.21. The van der Waals surface area contributed by atoms with Gasteiger partial charge in [-0.05, 0) is 41.8 Å². The van der Waals surface area contributed by atoms with Gasteiger partial charge in [0.25, 0.3) is 5.91 Å². The topological polar surface area (TPSA) is 76.7 Å². The maximum atomic E-state index is 13.3. The maximum absolute atomic E-state index is 13.3. The zero-order valence-electron chi connectivity index (χ0n) is 16.3. The summed E-state index contributed by atoms with van der Waals surface area (Å²) >= 11 is 0. The summed E-state index contributed by atoms with van der Waals surface area (Å²) in [5.74, 6) is 2.11. The second-order valence-corrected chi connectivity index (χ2v) is 7.16. The molecule has 0 atom stereocenters. The van der Waals surface area contributed by atoms with Crippen LogP contribution in [0, 0.1) is 0 Å². The normalized spacial score (nSPS) is 14.3. The highest BCUT2D eigenvalue weighted by Gasteiger charge is 2.30. The number of benzene rings is 2. The number of ether oxygens (including phenoxy) is 3. The van der Waals surface area contributed by atoms with Crippen LogP contribution >= 0.6 is 0 Å². The monoisotopic (exact) mass is 391 g/mol. The van der Waals surface area contributed by atoms with Crippen molar-refractivity contribution >= 4 is 5.91 Å². The molecule has 148 valence electrons. The lowest BCUT2D eigenvalue weighted by Crippen LogP contribution is -2.36. The van der Waals surface area contributed by atoms with Crippen molar-refractivity contribution in [3.63, 3.8) is 0 Å². The van der Waals surface area contributed by atoms with Crippen LogP contribution in [0.4, 0.5) is 0 Å². The Hall–Kier alpha value is -3.48. The van der Waals surface area contributed by atoms with E-state index in [1.165, 1.54) is 5.56 Å². The molecule has 3 heterocycles. The van der Waals surface area contributed by atoms with Crippen LogP contribution in [0.1, 0.15) is 27.2 Å². The van der Waals surface area contributed by atoms with Crippen LogP contribution in [0.2, 0.25) is 0 Å². The van der Waals surface area contributed by atoms with Gasteiger partial charge in [-0.1, -0.05) is 12.1 Å². The van der Waals surface area contributed by atoms with E-state index in [1.54, 1.807) is 14.2 Å². The van der Waals surface area contributed by atoms with Crippen molar-refractivity contribution in [3.05, 3.63) is 58.8 Å². The minimum atomic E-state index is -0.0674. The Kier molecular flexibility index (Phi) is 4.16. The van der Waals surface area contributed by atoms with Crippen LogP contribution in [0.3, 0.4) is 0 Å². The largest absolute Gasteiger partial charge is 0.493 e. The lowest BCUT2D eigenvalue weighted by molar-refractivity contribution is 0.0725. The molecule has 3 aromatic rings. The predicted molar refractivity (Wildman–Crippen MR) is 106 cm³/mol. The summed E-state index contributed by atoms with van der Waals surface area (Å²) in [5.41, 5.74) is 5.25. The molecule has 0 spiro atoms. The lowest BCUT2D eigenvalue weighted by atomic mass is 9.97. The molecule has 0 aliphatic carbocycles. The van der Waals surface area contributed by atoms with Crippen LogP contribution < -0.4 is 14.2 Å². The van der Waals surface area contributed by atoms with Crippen molar-refractivity contribution < 1.29 is 19.0 Å². The zero-order chi connectivity index (χ0) is 20.0. The second kappa shape index (κ2) is 6.84. The van der Waals surface area contributed by atoms with Gasteiger partial charge in [0.15, 0.2) is 11.5 Å². The highest BCUT2D eigenvalue weighted by molar-refractivity contribution is 5.96. The molecule has 7 heteroatoms. The molecule has 1 N–H and O–H groups in total. The van der Waals surface area contributed by atoms with Gasteiger partial charge in [-0.15, -0.1) is 0 Å². The summed E-state index contributed by atoms with van der Waals surface area (Å²) < 4.78 is 16.6. The standard InChI is InChI=1S/C22H21N3O4/c1-27-18-9-13-7-8-25(11-14(13)10-19(18)28-2)22(26)21-16-12-29-17-6-4-3-5-15(17)20(16)23-24-21/h3-6,9-10H,7-8,11-12H2,1-2H3,(H,23,24). The smallest absolute Gasteiger partial charge is 0.272 e. The number of aromatic amines is 1. The predicted octanol–water partition coefficient (Wildman–Crippen LogP) is 3.18. The number of nitrogens with one attached hydrogen (secondary N) is 1. The summed E-state index contributed by atoms with van der Waals surface area (Å²) in [6.45, 7) is 1.48. The third kappa shape index (κ3) is 2.81. The van der Waals surface area contributed by atoms with Crippen molar-refractivity contribution in [2.45, 2.75) is 19.6 Å². The molecule has 2 aromatic carbocycles. The molecular formula is C22H21N3O4. The van der Waals surface area contributed by atoms with E-state index in [2.05, 4.69) is 10.2 Å². The van der Waals surface area contributed by atoms with Crippen molar-refractivity contribution in [1.29, 1.82) is 0 Å². The van der Waals surface area contributed by atoms with E-state index in [0.29, 0.717) is 36.9 Å². The Bertz CT molecular complexity index is 1110. The number of rotatable bonds is 3. The highest BCUT2D eigenvalue weighted by atomic mass is 16.5. The van der Waals surface area contributed by atoms with Crippen molar-refractivity contribution in [1.82, 2.24) is 15.1 Å². The third-order valence-electron chi connectivity index (χ3n) is 5.60. The van der Waals surface area contributed by atoms with Gasteiger partial charge in [0, 0.05) is 24.2 Å². The van der Waals surface area contributed by atoms with E-state index in [0.717, 1.165) is 34.6 Å². The van der Waals surface area contributed by atoms with Crippen LogP contribution in [0.25, 0.3) is 11.3 Å². The van der Waals surface area contributed by atoms with Crippen LogP contribution in [0.15, 0.2) is 36.4 Å². The first-order valence-electron chi connectivity index (χ1n) is 9.52. The van der Waals surface area contributed by atoms with Crippen molar-refractivity contribution in [3.8, 4) is 28.5 Å². The van der Waals surface area contributed by atoms with Crippen LogP contribution in [-0.4, -0.2) is 41.8 Å². The number of carbonyl (C=O) groups excluding carboxylic acids is 1. The number of para-hydroxylation sites is 1. The van der Waals surface area contributed by atoms with E-state index in [1.807, 2.05) is 41.3 Å². The summed E-state index contributed by atoms with van der Waals surface area (Å²) in [5, 5.41) is 7.37. The molecule has 29 heavy (non-hydrogen) atoms. The van der Waals surface area contributed by atoms with Crippen molar-refractivity contribution in [2.75, 3.05) is 20.8 Å². The van der Waals surface area contributed by atoms with E-state index >= 15 is 0 Å². The summed E-state index contributed by atoms with van der Waals surface area (Å²) in [6.07, 6.45) is 0.761. The molecule has 1 amide bonds. The quantitative estimate of drug-likeness (QED) is 0.742. The number of nitrogens with zero attached hydrogens (tertiary/aromatic N) is 2. The molecular weight excluding hydrogens is 370 g/mol. The van der Waals surface area contributed by atoms with Gasteiger partial charge in [0.1, 0.15) is 23.7 Å². The summed E-state index contributed by atoms with van der Waals surface area (Å²) in [4.78, 5) is 15.1. The first-order chi connectivity index (χ1) is 14.2. The fourth-order valence-electron chi connectivity index (χ4n) is 4.06. The maximum Gasteiger partial charge on any atom is 0.272 e. The first kappa shape index (κ1) is 17.6. The molecule has 2 aliphatic rings. The zero-order valence-corrected chi connectivity index (χ0v) is 16.3. The Labute approximate surface area is 168 Å². The molecule has 0 radical (unpaired) electrons. The number of amides is 1. The van der Waals surface area contributed by atoms with Gasteiger partial charge in [-0.3, -0.25) is 9.89 Å². The number of hydrogen-bond acceptors (Lipinski definition) is 5. The van der Waals surface area contributed by atoms with E-state index in [9.17, 15) is 4.79 Å². The summed E-state index contributed by atoms with van der Waals surface area (Å²) in [6, 6.07) is 11.7. The SMILES string of the molecule is COc1cc2c(cc1OC)CN(C(=O)c1[nH]nc3c1COc1ccccc1-3)CC2. The molecule has 0 unspecified atom stereocenters. The Morgan fingerprint density at radius 1 is 1.14 bits per heavy atom. The molecule has 2 aliphatic heterocycles. The number of carbonyl (C=O) groups is 1. The summed E-state index contributed by atoms with van der Waals surface area (Å²) in [7, 11) is 3.25. The van der Waals surface area contributed by atoms with Crippen LogP contribution in [-0.2, 0) is 19.6 Å². The van der Waals surface area contributed by atoms with Gasteiger partial charge >= 0.3 is 0 Å². The fourth-order valence-corrected chi connectivity index (χ4v) is 4.06. The number of H-pyrrole nitrogens is 1. The second-order valence-electron chi connectivity index (χ2n) is 7.16.